The number of sulfonamides is 1. The summed E-state index contributed by atoms with van der Waals surface area (Å²) in [4.78, 5) is 0.953. The van der Waals surface area contributed by atoms with E-state index in [4.69, 9.17) is 5.11 Å². The number of hydrogen-bond acceptors (Lipinski definition) is 4. The predicted molar refractivity (Wildman–Crippen MR) is 76.6 cm³/mol. The molecule has 0 atom stereocenters. The van der Waals surface area contributed by atoms with E-state index in [1.54, 1.807) is 11.4 Å². The van der Waals surface area contributed by atoms with Gasteiger partial charge in [-0.25, -0.2) is 13.1 Å². The molecule has 1 aliphatic carbocycles. The van der Waals surface area contributed by atoms with Gasteiger partial charge in [-0.2, -0.15) is 0 Å². The summed E-state index contributed by atoms with van der Waals surface area (Å²) in [6, 6.07) is 1.61. The van der Waals surface area contributed by atoms with Crippen LogP contribution in [0, 0.1) is 5.92 Å². The van der Waals surface area contributed by atoms with Crippen LogP contribution in [-0.2, 0) is 16.6 Å². The number of hydrogen-bond donors (Lipinski definition) is 2. The van der Waals surface area contributed by atoms with Crippen molar-refractivity contribution in [2.75, 3.05) is 0 Å². The van der Waals surface area contributed by atoms with Gasteiger partial charge in [-0.05, 0) is 37.7 Å². The van der Waals surface area contributed by atoms with Crippen molar-refractivity contribution in [2.24, 2.45) is 5.92 Å². The van der Waals surface area contributed by atoms with E-state index in [-0.39, 0.29) is 17.5 Å². The smallest absolute Gasteiger partial charge is 0.241 e. The predicted octanol–water partition coefficient (Wildman–Crippen LogP) is 2.49. The Labute approximate surface area is 118 Å². The highest BCUT2D eigenvalue weighted by molar-refractivity contribution is 7.89. The molecule has 0 saturated heterocycles. The Morgan fingerprint density at radius 2 is 2.05 bits per heavy atom. The van der Waals surface area contributed by atoms with Crippen LogP contribution in [0.3, 0.4) is 0 Å². The molecular weight excluding hydrogens is 282 g/mol. The molecule has 1 aromatic rings. The van der Waals surface area contributed by atoms with Crippen LogP contribution >= 0.6 is 11.3 Å². The normalized spacial score (nSPS) is 24.5. The summed E-state index contributed by atoms with van der Waals surface area (Å²) in [5.74, 6) is 0.753. The minimum Gasteiger partial charge on any atom is -0.391 e. The summed E-state index contributed by atoms with van der Waals surface area (Å²) in [5, 5.41) is 10.6. The Hall–Kier alpha value is -0.430. The molecule has 0 aromatic carbocycles. The Kier molecular flexibility index (Phi) is 5.00. The van der Waals surface area contributed by atoms with E-state index in [2.05, 4.69) is 11.6 Å². The van der Waals surface area contributed by atoms with Crippen LogP contribution in [0.2, 0.25) is 0 Å². The van der Waals surface area contributed by atoms with E-state index in [1.165, 1.54) is 17.8 Å². The molecule has 0 unspecified atom stereocenters. The van der Waals surface area contributed by atoms with Crippen LogP contribution in [0.1, 0.15) is 43.9 Å². The molecule has 19 heavy (non-hydrogen) atoms. The number of aliphatic hydroxyl groups excluding tert-OH is 1. The first kappa shape index (κ1) is 15.0. The summed E-state index contributed by atoms with van der Waals surface area (Å²) in [6.45, 7) is 2.08. The third-order valence-electron chi connectivity index (χ3n) is 3.84. The van der Waals surface area contributed by atoms with Gasteiger partial charge in [-0.3, -0.25) is 0 Å². The zero-order valence-corrected chi connectivity index (χ0v) is 12.8. The summed E-state index contributed by atoms with van der Waals surface area (Å²) < 4.78 is 27.2. The Bertz CT molecular complexity index is 502. The van der Waals surface area contributed by atoms with Gasteiger partial charge in [0.2, 0.25) is 10.0 Å². The number of nitrogens with one attached hydrogen (secondary N) is 1. The zero-order valence-electron chi connectivity index (χ0n) is 11.1. The quantitative estimate of drug-likeness (QED) is 0.878. The molecule has 6 heteroatoms. The second-order valence-corrected chi connectivity index (χ2v) is 7.86. The van der Waals surface area contributed by atoms with Crippen molar-refractivity contribution >= 4 is 21.4 Å². The monoisotopic (exact) mass is 303 g/mol. The van der Waals surface area contributed by atoms with Crippen LogP contribution < -0.4 is 4.72 Å². The van der Waals surface area contributed by atoms with E-state index in [1.807, 2.05) is 0 Å². The van der Waals surface area contributed by atoms with Gasteiger partial charge in [0.25, 0.3) is 0 Å². The van der Waals surface area contributed by atoms with E-state index >= 15 is 0 Å². The minimum atomic E-state index is -3.42. The second kappa shape index (κ2) is 6.35. The summed E-state index contributed by atoms with van der Waals surface area (Å²) >= 11 is 1.27. The first-order valence-corrected chi connectivity index (χ1v) is 9.12. The lowest BCUT2D eigenvalue weighted by atomic mass is 9.85. The van der Waals surface area contributed by atoms with Crippen molar-refractivity contribution in [1.82, 2.24) is 4.72 Å². The van der Waals surface area contributed by atoms with Crippen LogP contribution in [0.15, 0.2) is 16.3 Å². The number of thiophene rings is 1. The van der Waals surface area contributed by atoms with Crippen molar-refractivity contribution < 1.29 is 13.5 Å². The minimum absolute atomic E-state index is 0.0604. The van der Waals surface area contributed by atoms with E-state index in [9.17, 15) is 8.42 Å². The van der Waals surface area contributed by atoms with Crippen molar-refractivity contribution in [1.29, 1.82) is 0 Å². The van der Waals surface area contributed by atoms with Crippen molar-refractivity contribution in [3.63, 3.8) is 0 Å². The van der Waals surface area contributed by atoms with Crippen molar-refractivity contribution in [2.45, 2.75) is 56.6 Å². The van der Waals surface area contributed by atoms with Gasteiger partial charge >= 0.3 is 0 Å². The number of rotatable bonds is 5. The van der Waals surface area contributed by atoms with E-state index in [0.717, 1.165) is 31.6 Å². The molecule has 2 N–H and O–H groups in total. The maximum absolute atomic E-state index is 12.2. The van der Waals surface area contributed by atoms with Gasteiger partial charge in [-0.15, -0.1) is 11.3 Å². The molecule has 2 rings (SSSR count). The van der Waals surface area contributed by atoms with Crippen LogP contribution in [0.4, 0.5) is 0 Å². The summed E-state index contributed by atoms with van der Waals surface area (Å²) in [6.07, 6.45) is 5.25. The maximum atomic E-state index is 12.2. The number of aliphatic hydroxyl groups is 1. The van der Waals surface area contributed by atoms with Gasteiger partial charge in [0, 0.05) is 16.3 Å². The third kappa shape index (κ3) is 3.78. The van der Waals surface area contributed by atoms with Gasteiger partial charge in [-0.1, -0.05) is 13.3 Å². The molecule has 0 spiro atoms. The molecule has 1 aromatic heterocycles. The summed E-state index contributed by atoms with van der Waals surface area (Å²) in [7, 11) is -3.42. The van der Waals surface area contributed by atoms with Crippen LogP contribution in [0.25, 0.3) is 0 Å². The van der Waals surface area contributed by atoms with Gasteiger partial charge in [0.05, 0.1) is 11.5 Å². The molecule has 108 valence electrons. The van der Waals surface area contributed by atoms with E-state index < -0.39 is 10.0 Å². The molecule has 1 fully saturated rings. The molecular formula is C13H21NO3S2. The largest absolute Gasteiger partial charge is 0.391 e. The van der Waals surface area contributed by atoms with Gasteiger partial charge in [0.15, 0.2) is 0 Å². The first-order chi connectivity index (χ1) is 9.05. The molecule has 1 heterocycles. The molecule has 0 amide bonds. The third-order valence-corrected chi connectivity index (χ3v) is 6.41. The van der Waals surface area contributed by atoms with Gasteiger partial charge < -0.3 is 5.11 Å². The van der Waals surface area contributed by atoms with Crippen molar-refractivity contribution in [3.05, 3.63) is 16.3 Å². The molecule has 1 aliphatic rings. The molecule has 4 nitrogen and oxygen atoms in total. The zero-order chi connectivity index (χ0) is 13.9. The lowest BCUT2D eigenvalue weighted by Gasteiger charge is -2.28. The topological polar surface area (TPSA) is 66.4 Å². The highest BCUT2D eigenvalue weighted by atomic mass is 32.2. The Balaban J connectivity index is 1.98. The lowest BCUT2D eigenvalue weighted by Crippen LogP contribution is -2.37. The molecule has 0 radical (unpaired) electrons. The fourth-order valence-corrected chi connectivity index (χ4v) is 5.00. The molecule has 0 bridgehead atoms. The average Bonchev–Trinajstić information content (AvgIpc) is 2.89. The standard InChI is InChI=1S/C13H21NO3S2/c1-2-10-3-5-11(6-4-10)14-19(16,17)13-7-12(8-15)18-9-13/h7,9-11,14-15H,2-6,8H2,1H3. The van der Waals surface area contributed by atoms with Crippen LogP contribution in [0.5, 0.6) is 0 Å². The van der Waals surface area contributed by atoms with E-state index in [0.29, 0.717) is 4.88 Å². The second-order valence-electron chi connectivity index (χ2n) is 5.15. The van der Waals surface area contributed by atoms with Gasteiger partial charge in [0.1, 0.15) is 0 Å². The molecule has 0 aliphatic heterocycles. The van der Waals surface area contributed by atoms with Crippen molar-refractivity contribution in [3.8, 4) is 0 Å². The fourth-order valence-electron chi connectivity index (χ4n) is 2.56. The fraction of sp³-hybridized carbons (Fsp3) is 0.692. The first-order valence-electron chi connectivity index (χ1n) is 6.75. The Morgan fingerprint density at radius 3 is 2.58 bits per heavy atom. The maximum Gasteiger partial charge on any atom is 0.241 e. The lowest BCUT2D eigenvalue weighted by molar-refractivity contribution is 0.285. The highest BCUT2D eigenvalue weighted by Gasteiger charge is 2.25. The SMILES string of the molecule is CCC1CCC(NS(=O)(=O)c2csc(CO)c2)CC1. The highest BCUT2D eigenvalue weighted by Crippen LogP contribution is 2.28. The summed E-state index contributed by atoms with van der Waals surface area (Å²) in [5.41, 5.74) is 0. The average molecular weight is 303 g/mol. The Morgan fingerprint density at radius 1 is 1.37 bits per heavy atom. The molecule has 1 saturated carbocycles. The van der Waals surface area contributed by atoms with Crippen LogP contribution in [-0.4, -0.2) is 19.6 Å².